The highest BCUT2D eigenvalue weighted by Crippen LogP contribution is 2.21. The van der Waals surface area contributed by atoms with Gasteiger partial charge in [-0.25, -0.2) is 0 Å². The minimum Gasteiger partial charge on any atom is -0.478 e. The first kappa shape index (κ1) is 45.6. The number of allylic oxidation sites excluding steroid dienone is 8. The van der Waals surface area contributed by atoms with Crippen molar-refractivity contribution in [2.24, 2.45) is 0 Å². The lowest BCUT2D eigenvalue weighted by molar-refractivity contribution is 0.265. The first-order chi connectivity index (χ1) is 24.4. The van der Waals surface area contributed by atoms with E-state index in [1.54, 1.807) is 12.1 Å². The van der Waals surface area contributed by atoms with E-state index >= 15 is 0 Å². The number of rotatable bonds is 35. The van der Waals surface area contributed by atoms with Crippen LogP contribution in [-0.4, -0.2) is 32.9 Å². The largest absolute Gasteiger partial charge is 0.478 e. The third kappa shape index (κ3) is 31.6. The molecule has 0 spiro atoms. The molecule has 286 valence electrons. The Bertz CT molecular complexity index is 1070. The molecule has 0 aromatic carbocycles. The van der Waals surface area contributed by atoms with Gasteiger partial charge in [0.2, 0.25) is 11.8 Å². The molecular formula is C43H73NO5S. The number of ether oxygens (including phenoxy) is 2. The molecule has 1 rings (SSSR count). The summed E-state index contributed by atoms with van der Waals surface area (Å²) in [6, 6.07) is 3.49. The fraction of sp³-hybridized carbons (Fsp3) is 0.698. The van der Waals surface area contributed by atoms with E-state index in [1.807, 2.05) is 0 Å². The Hall–Kier alpha value is -2.38. The number of hydrogen-bond donors (Lipinski definition) is 0. The van der Waals surface area contributed by atoms with Gasteiger partial charge in [0, 0.05) is 12.1 Å². The highest BCUT2D eigenvalue weighted by Gasteiger charge is 2.09. The summed E-state index contributed by atoms with van der Waals surface area (Å²) < 4.78 is 40.0. The quantitative estimate of drug-likeness (QED) is 0.0396. The van der Waals surface area contributed by atoms with Crippen LogP contribution >= 0.6 is 0 Å². The molecule has 1 aromatic heterocycles. The van der Waals surface area contributed by atoms with Crippen LogP contribution in [0.5, 0.6) is 11.8 Å². The van der Waals surface area contributed by atoms with Gasteiger partial charge in [-0.05, 0) is 82.6 Å². The van der Waals surface area contributed by atoms with E-state index in [-0.39, 0.29) is 6.61 Å². The topological polar surface area (TPSA) is 74.7 Å². The summed E-state index contributed by atoms with van der Waals surface area (Å²) in [5.74, 6) is 0.906. The second-order valence-electron chi connectivity index (χ2n) is 13.5. The molecular weight excluding hydrogens is 643 g/mol. The Morgan fingerprint density at radius 1 is 0.520 bits per heavy atom. The maximum absolute atomic E-state index is 11.6. The summed E-state index contributed by atoms with van der Waals surface area (Å²) in [7, 11) is -3.55. The number of aromatic nitrogens is 1. The van der Waals surface area contributed by atoms with Crippen LogP contribution in [0.2, 0.25) is 0 Å². The van der Waals surface area contributed by atoms with Gasteiger partial charge in [0.15, 0.2) is 0 Å². The van der Waals surface area contributed by atoms with Crippen molar-refractivity contribution >= 4 is 10.1 Å². The van der Waals surface area contributed by atoms with Crippen molar-refractivity contribution < 1.29 is 22.1 Å². The van der Waals surface area contributed by atoms with E-state index in [1.165, 1.54) is 103 Å². The average Bonchev–Trinajstić information content (AvgIpc) is 3.09. The van der Waals surface area contributed by atoms with Crippen LogP contribution in [0.3, 0.4) is 0 Å². The van der Waals surface area contributed by atoms with Crippen molar-refractivity contribution in [3.63, 3.8) is 0 Å². The molecule has 0 aliphatic rings. The molecule has 1 aromatic rings. The van der Waals surface area contributed by atoms with Gasteiger partial charge in [-0.2, -0.15) is 13.4 Å². The van der Waals surface area contributed by atoms with Gasteiger partial charge >= 0.3 is 0 Å². The van der Waals surface area contributed by atoms with E-state index in [2.05, 4.69) is 67.4 Å². The fourth-order valence-corrected chi connectivity index (χ4v) is 5.82. The molecule has 0 saturated heterocycles. The van der Waals surface area contributed by atoms with Crippen LogP contribution in [0.4, 0.5) is 0 Å². The van der Waals surface area contributed by atoms with Crippen molar-refractivity contribution in [1.82, 2.24) is 4.98 Å². The van der Waals surface area contributed by atoms with Crippen LogP contribution < -0.4 is 9.47 Å². The third-order valence-corrected chi connectivity index (χ3v) is 9.01. The van der Waals surface area contributed by atoms with E-state index in [9.17, 15) is 8.42 Å². The van der Waals surface area contributed by atoms with Crippen molar-refractivity contribution in [3.05, 3.63) is 66.3 Å². The Balaban J connectivity index is 2.22. The van der Waals surface area contributed by atoms with Crippen molar-refractivity contribution in [3.8, 4) is 11.8 Å². The molecule has 0 fully saturated rings. The Morgan fingerprint density at radius 2 is 0.880 bits per heavy atom. The lowest BCUT2D eigenvalue weighted by Crippen LogP contribution is -2.06. The molecule has 0 radical (unpaired) electrons. The molecule has 1 heterocycles. The maximum Gasteiger partial charge on any atom is 0.264 e. The highest BCUT2D eigenvalue weighted by molar-refractivity contribution is 7.85. The zero-order valence-corrected chi connectivity index (χ0v) is 33.1. The molecule has 50 heavy (non-hydrogen) atoms. The van der Waals surface area contributed by atoms with Gasteiger partial charge in [-0.3, -0.25) is 4.18 Å². The Labute approximate surface area is 308 Å². The molecule has 6 nitrogen and oxygen atoms in total. The van der Waals surface area contributed by atoms with Crippen molar-refractivity contribution in [1.29, 1.82) is 0 Å². The second kappa shape index (κ2) is 33.7. The lowest BCUT2D eigenvalue weighted by Gasteiger charge is -2.11. The van der Waals surface area contributed by atoms with Gasteiger partial charge in [-0.1, -0.05) is 140 Å². The monoisotopic (exact) mass is 716 g/mol. The van der Waals surface area contributed by atoms with Crippen LogP contribution in [-0.2, 0) is 20.9 Å². The first-order valence-electron chi connectivity index (χ1n) is 20.2. The van der Waals surface area contributed by atoms with Crippen LogP contribution in [0.1, 0.15) is 174 Å². The summed E-state index contributed by atoms with van der Waals surface area (Å²) in [5, 5.41) is 0. The molecule has 0 unspecified atom stereocenters. The molecule has 0 aliphatic carbocycles. The maximum atomic E-state index is 11.6. The van der Waals surface area contributed by atoms with Gasteiger partial charge in [0.25, 0.3) is 10.1 Å². The van der Waals surface area contributed by atoms with Crippen LogP contribution in [0.25, 0.3) is 0 Å². The molecule has 0 amide bonds. The minimum absolute atomic E-state index is 0.0655. The van der Waals surface area contributed by atoms with E-state index in [0.717, 1.165) is 57.6 Å². The molecule has 7 heteroatoms. The Kier molecular flexibility index (Phi) is 30.8. The van der Waals surface area contributed by atoms with Crippen LogP contribution in [0, 0.1) is 0 Å². The smallest absolute Gasteiger partial charge is 0.264 e. The number of unbranched alkanes of at least 4 members (excludes halogenated alkanes) is 18. The fourth-order valence-electron chi connectivity index (χ4n) is 5.47. The van der Waals surface area contributed by atoms with Gasteiger partial charge in [0.1, 0.15) is 0 Å². The summed E-state index contributed by atoms with van der Waals surface area (Å²) in [4.78, 5) is 4.53. The molecule has 0 aliphatic heterocycles. The summed E-state index contributed by atoms with van der Waals surface area (Å²) in [5.41, 5.74) is 0.671. The van der Waals surface area contributed by atoms with Crippen LogP contribution in [0.15, 0.2) is 60.7 Å². The predicted octanol–water partition coefficient (Wildman–Crippen LogP) is 12.9. The third-order valence-electron chi connectivity index (χ3n) is 8.47. The van der Waals surface area contributed by atoms with Gasteiger partial charge in [0.05, 0.1) is 26.1 Å². The van der Waals surface area contributed by atoms with E-state index in [0.29, 0.717) is 30.5 Å². The minimum atomic E-state index is -3.55. The lowest BCUT2D eigenvalue weighted by atomic mass is 10.1. The molecule has 0 bridgehead atoms. The first-order valence-corrected chi connectivity index (χ1v) is 22.0. The normalized spacial score (nSPS) is 12.4. The summed E-state index contributed by atoms with van der Waals surface area (Å²) in [6.45, 7) is 5.57. The SMILES string of the molecule is CCCCCC=CCC=CCCCCCCCCOc1cc(COS(C)(=O)=O)cc(OCCCCCCCCC=CCC=CCCCCC)n1. The van der Waals surface area contributed by atoms with Gasteiger partial charge in [-0.15, -0.1) is 0 Å². The average molecular weight is 716 g/mol. The van der Waals surface area contributed by atoms with Crippen molar-refractivity contribution in [2.45, 2.75) is 175 Å². The zero-order valence-electron chi connectivity index (χ0n) is 32.3. The number of nitrogens with zero attached hydrogens (tertiary/aromatic N) is 1. The predicted molar refractivity (Wildman–Crippen MR) is 214 cm³/mol. The molecule has 0 saturated carbocycles. The summed E-state index contributed by atoms with van der Waals surface area (Å²) in [6.07, 6.45) is 48.3. The second-order valence-corrected chi connectivity index (χ2v) is 15.1. The Morgan fingerprint density at radius 3 is 1.26 bits per heavy atom. The highest BCUT2D eigenvalue weighted by atomic mass is 32.2. The molecule has 0 N–H and O–H groups in total. The number of hydrogen-bond acceptors (Lipinski definition) is 6. The standard InChI is InChI=1S/C43H73NO5S/c1-4-6-8-10-12-14-16-18-20-22-24-26-28-30-32-34-36-47-42-38-41(40-49-50(3,45)46)39-43(44-42)48-37-35-33-31-29-27-25-23-21-19-17-15-13-11-9-7-5-2/h12-15,18-21,38-39H,4-11,16-17,22-37,40H2,1-3H3. The number of pyridine rings is 1. The van der Waals surface area contributed by atoms with E-state index < -0.39 is 10.1 Å². The van der Waals surface area contributed by atoms with Crippen molar-refractivity contribution in [2.75, 3.05) is 19.5 Å². The van der Waals surface area contributed by atoms with E-state index in [4.69, 9.17) is 13.7 Å². The molecule has 0 atom stereocenters. The van der Waals surface area contributed by atoms with Gasteiger partial charge < -0.3 is 9.47 Å². The zero-order chi connectivity index (χ0) is 36.2. The summed E-state index contributed by atoms with van der Waals surface area (Å²) >= 11 is 0.